The van der Waals surface area contributed by atoms with E-state index in [0.717, 1.165) is 28.4 Å². The van der Waals surface area contributed by atoms with Crippen LogP contribution in [0.25, 0.3) is 10.6 Å². The molecule has 1 aliphatic carbocycles. The Morgan fingerprint density at radius 3 is 2.88 bits per heavy atom. The van der Waals surface area contributed by atoms with Gasteiger partial charge in [-0.25, -0.2) is 18.1 Å². The van der Waals surface area contributed by atoms with Gasteiger partial charge in [0.15, 0.2) is 5.82 Å². The zero-order valence-electron chi connectivity index (χ0n) is 12.7. The lowest BCUT2D eigenvalue weighted by atomic mass is 10.4. The quantitative estimate of drug-likeness (QED) is 0.704. The second kappa shape index (κ2) is 6.03. The minimum atomic E-state index is -3.61. The molecule has 0 unspecified atom stereocenters. The van der Waals surface area contributed by atoms with Crippen molar-refractivity contribution in [1.29, 1.82) is 0 Å². The van der Waals surface area contributed by atoms with Gasteiger partial charge in [-0.3, -0.25) is 0 Å². The van der Waals surface area contributed by atoms with E-state index in [9.17, 15) is 8.42 Å². The van der Waals surface area contributed by atoms with Gasteiger partial charge in [-0.2, -0.15) is 4.98 Å². The second-order valence-corrected chi connectivity index (χ2v) is 9.66. The van der Waals surface area contributed by atoms with Crippen LogP contribution in [0.5, 0.6) is 0 Å². The number of sulfonamides is 1. The van der Waals surface area contributed by atoms with Crippen LogP contribution in [0.4, 0.5) is 0 Å². The first kappa shape index (κ1) is 15.9. The first-order valence-electron chi connectivity index (χ1n) is 7.36. The van der Waals surface area contributed by atoms with Crippen molar-refractivity contribution < 1.29 is 12.9 Å². The fraction of sp³-hybridized carbons (Fsp3) is 0.357. The molecule has 0 spiro atoms. The highest BCUT2D eigenvalue weighted by Crippen LogP contribution is 2.38. The van der Waals surface area contributed by atoms with Gasteiger partial charge in [0.2, 0.25) is 15.9 Å². The number of hydrogen-bond acceptors (Lipinski definition) is 8. The zero-order chi connectivity index (χ0) is 16.7. The van der Waals surface area contributed by atoms with Crippen LogP contribution in [0.15, 0.2) is 26.2 Å². The van der Waals surface area contributed by atoms with Gasteiger partial charge in [0.1, 0.15) is 4.21 Å². The number of nitrogens with zero attached hydrogens (tertiary/aromatic N) is 3. The molecule has 0 radical (unpaired) electrons. The minimum absolute atomic E-state index is 0.0155. The summed E-state index contributed by atoms with van der Waals surface area (Å²) in [5.41, 5.74) is 0.802. The van der Waals surface area contributed by atoms with Crippen LogP contribution in [0.3, 0.4) is 0 Å². The molecule has 4 rings (SSSR count). The van der Waals surface area contributed by atoms with Gasteiger partial charge >= 0.3 is 0 Å². The molecule has 0 saturated heterocycles. The standard InChI is InChI=1S/C14H14N4O3S3/c1-8-16-10(7-22-8)11-4-5-13(23-11)24(19,20)15-6-12-17-14(21-18-12)9-2-3-9/h4-5,7,9,15H,2-3,6H2,1H3. The summed E-state index contributed by atoms with van der Waals surface area (Å²) in [5, 5.41) is 6.68. The molecule has 0 aliphatic heterocycles. The average Bonchev–Trinajstić information content (AvgIpc) is 2.97. The summed E-state index contributed by atoms with van der Waals surface area (Å²) in [6.45, 7) is 1.93. The van der Waals surface area contributed by atoms with E-state index in [-0.39, 0.29) is 10.8 Å². The molecule has 3 aromatic rings. The number of rotatable bonds is 6. The monoisotopic (exact) mass is 382 g/mol. The summed E-state index contributed by atoms with van der Waals surface area (Å²) in [6.07, 6.45) is 2.11. The maximum Gasteiger partial charge on any atom is 0.250 e. The third-order valence-electron chi connectivity index (χ3n) is 3.55. The van der Waals surface area contributed by atoms with E-state index < -0.39 is 10.0 Å². The highest BCUT2D eigenvalue weighted by atomic mass is 32.2. The summed E-state index contributed by atoms with van der Waals surface area (Å²) in [5.74, 6) is 1.30. The number of nitrogens with one attached hydrogen (secondary N) is 1. The van der Waals surface area contributed by atoms with E-state index in [2.05, 4.69) is 19.8 Å². The van der Waals surface area contributed by atoms with Crippen LogP contribution < -0.4 is 4.72 Å². The molecule has 10 heteroatoms. The van der Waals surface area contributed by atoms with Crippen molar-refractivity contribution in [1.82, 2.24) is 19.8 Å². The van der Waals surface area contributed by atoms with Crippen molar-refractivity contribution >= 4 is 32.7 Å². The first-order valence-corrected chi connectivity index (χ1v) is 10.5. The molecule has 0 aromatic carbocycles. The molecule has 126 valence electrons. The molecule has 0 atom stereocenters. The highest BCUT2D eigenvalue weighted by molar-refractivity contribution is 7.91. The van der Waals surface area contributed by atoms with Crippen LogP contribution in [-0.4, -0.2) is 23.5 Å². The van der Waals surface area contributed by atoms with Crippen molar-refractivity contribution in [2.45, 2.75) is 36.4 Å². The summed E-state index contributed by atoms with van der Waals surface area (Å²) < 4.78 is 32.7. The van der Waals surface area contributed by atoms with E-state index in [1.54, 1.807) is 12.1 Å². The Hall–Kier alpha value is -1.62. The van der Waals surface area contributed by atoms with E-state index in [4.69, 9.17) is 4.52 Å². The fourth-order valence-electron chi connectivity index (χ4n) is 2.14. The Morgan fingerprint density at radius 1 is 1.33 bits per heavy atom. The van der Waals surface area contributed by atoms with Crippen LogP contribution in [0.1, 0.15) is 35.5 Å². The molecule has 3 aromatic heterocycles. The first-order chi connectivity index (χ1) is 11.5. The molecule has 7 nitrogen and oxygen atoms in total. The fourth-order valence-corrected chi connectivity index (χ4v) is 5.12. The van der Waals surface area contributed by atoms with Crippen LogP contribution >= 0.6 is 22.7 Å². The molecule has 1 fully saturated rings. The molecule has 1 saturated carbocycles. The Balaban J connectivity index is 1.46. The van der Waals surface area contributed by atoms with Crippen molar-refractivity contribution in [2.24, 2.45) is 0 Å². The van der Waals surface area contributed by atoms with Crippen LogP contribution in [0.2, 0.25) is 0 Å². The number of hydrogen-bond donors (Lipinski definition) is 1. The molecular weight excluding hydrogens is 368 g/mol. The second-order valence-electron chi connectivity index (χ2n) is 5.52. The number of aryl methyl sites for hydroxylation is 1. The van der Waals surface area contributed by atoms with Gasteiger partial charge in [0, 0.05) is 11.3 Å². The smallest absolute Gasteiger partial charge is 0.250 e. The summed E-state index contributed by atoms with van der Waals surface area (Å²) >= 11 is 2.73. The van der Waals surface area contributed by atoms with E-state index in [0.29, 0.717) is 17.6 Å². The van der Waals surface area contributed by atoms with Gasteiger partial charge < -0.3 is 4.52 Å². The number of thiophene rings is 1. The van der Waals surface area contributed by atoms with Crippen LogP contribution in [0, 0.1) is 6.92 Å². The highest BCUT2D eigenvalue weighted by Gasteiger charge is 2.29. The molecule has 3 heterocycles. The van der Waals surface area contributed by atoms with Crippen molar-refractivity contribution in [2.75, 3.05) is 0 Å². The predicted molar refractivity (Wildman–Crippen MR) is 90.5 cm³/mol. The SMILES string of the molecule is Cc1nc(-c2ccc(S(=O)(=O)NCc3noc(C4CC4)n3)s2)cs1. The molecule has 1 aliphatic rings. The van der Waals surface area contributed by atoms with Gasteiger partial charge in [0.25, 0.3) is 0 Å². The Bertz CT molecular complexity index is 969. The van der Waals surface area contributed by atoms with Gasteiger partial charge in [-0.1, -0.05) is 5.16 Å². The number of thiazole rings is 1. The molecule has 0 bridgehead atoms. The molecular formula is C14H14N4O3S3. The summed E-state index contributed by atoms with van der Waals surface area (Å²) in [4.78, 5) is 9.42. The molecule has 24 heavy (non-hydrogen) atoms. The Labute approximate surface area is 146 Å². The maximum absolute atomic E-state index is 12.4. The summed E-state index contributed by atoms with van der Waals surface area (Å²) in [7, 11) is -3.61. The minimum Gasteiger partial charge on any atom is -0.339 e. The van der Waals surface area contributed by atoms with Crippen molar-refractivity contribution in [3.05, 3.63) is 34.2 Å². The van der Waals surface area contributed by atoms with E-state index >= 15 is 0 Å². The average molecular weight is 382 g/mol. The third-order valence-corrected chi connectivity index (χ3v) is 7.32. The van der Waals surface area contributed by atoms with Crippen molar-refractivity contribution in [3.8, 4) is 10.6 Å². The van der Waals surface area contributed by atoms with Crippen LogP contribution in [-0.2, 0) is 16.6 Å². The Kier molecular flexibility index (Phi) is 3.99. The molecule has 0 amide bonds. The third kappa shape index (κ3) is 3.27. The topological polar surface area (TPSA) is 98.0 Å². The van der Waals surface area contributed by atoms with Gasteiger partial charge in [0.05, 0.1) is 22.1 Å². The number of aromatic nitrogens is 3. The molecule has 1 N–H and O–H groups in total. The lowest BCUT2D eigenvalue weighted by Gasteiger charge is -2.01. The van der Waals surface area contributed by atoms with Crippen molar-refractivity contribution in [3.63, 3.8) is 0 Å². The predicted octanol–water partition coefficient (Wildman–Crippen LogP) is 2.92. The van der Waals surface area contributed by atoms with Gasteiger partial charge in [-0.15, -0.1) is 22.7 Å². The van der Waals surface area contributed by atoms with E-state index in [1.165, 1.54) is 22.7 Å². The maximum atomic E-state index is 12.4. The van der Waals surface area contributed by atoms with E-state index in [1.807, 2.05) is 12.3 Å². The van der Waals surface area contributed by atoms with Gasteiger partial charge in [-0.05, 0) is 31.9 Å². The Morgan fingerprint density at radius 2 is 2.17 bits per heavy atom. The largest absolute Gasteiger partial charge is 0.339 e. The zero-order valence-corrected chi connectivity index (χ0v) is 15.2. The summed E-state index contributed by atoms with van der Waals surface area (Å²) in [6, 6.07) is 3.36. The lowest BCUT2D eigenvalue weighted by molar-refractivity contribution is 0.373. The normalized spacial score (nSPS) is 15.0. The lowest BCUT2D eigenvalue weighted by Crippen LogP contribution is -2.23.